The zero-order valence-corrected chi connectivity index (χ0v) is 16.7. The molecule has 3 aromatic rings. The van der Waals surface area contributed by atoms with Gasteiger partial charge in [0.2, 0.25) is 0 Å². The summed E-state index contributed by atoms with van der Waals surface area (Å²) in [5, 5.41) is 3.63. The molecule has 1 aromatic heterocycles. The van der Waals surface area contributed by atoms with E-state index in [-0.39, 0.29) is 5.91 Å². The molecule has 28 heavy (non-hydrogen) atoms. The molecule has 6 heteroatoms. The van der Waals surface area contributed by atoms with E-state index < -0.39 is 0 Å². The third-order valence-corrected chi connectivity index (χ3v) is 5.78. The van der Waals surface area contributed by atoms with Crippen molar-refractivity contribution in [3.8, 4) is 11.3 Å². The van der Waals surface area contributed by atoms with Gasteiger partial charge in [-0.1, -0.05) is 59.9 Å². The molecule has 1 saturated heterocycles. The van der Waals surface area contributed by atoms with Crippen molar-refractivity contribution in [2.45, 2.75) is 13.5 Å². The first-order valence-corrected chi connectivity index (χ1v) is 10.2. The molecule has 0 atom stereocenters. The fourth-order valence-corrected chi connectivity index (χ4v) is 4.31. The average molecular weight is 394 g/mol. The second-order valence-corrected chi connectivity index (χ2v) is 7.90. The molecule has 0 saturated carbocycles. The number of ether oxygens (including phenoxy) is 1. The lowest BCUT2D eigenvalue weighted by atomic mass is 10.1. The molecule has 0 bridgehead atoms. The van der Waals surface area contributed by atoms with Gasteiger partial charge < -0.3 is 4.74 Å². The third kappa shape index (κ3) is 4.30. The van der Waals surface area contributed by atoms with Crippen LogP contribution >= 0.6 is 11.3 Å². The molecule has 1 aliphatic heterocycles. The minimum Gasteiger partial charge on any atom is -0.379 e. The Balaban J connectivity index is 1.61. The van der Waals surface area contributed by atoms with E-state index in [4.69, 9.17) is 9.72 Å². The van der Waals surface area contributed by atoms with Crippen LogP contribution in [0.3, 0.4) is 0 Å². The zero-order valence-electron chi connectivity index (χ0n) is 15.9. The van der Waals surface area contributed by atoms with Gasteiger partial charge in [-0.3, -0.25) is 15.0 Å². The maximum atomic E-state index is 12.7. The van der Waals surface area contributed by atoms with Crippen LogP contribution in [0.2, 0.25) is 0 Å². The van der Waals surface area contributed by atoms with E-state index in [0.717, 1.165) is 54.5 Å². The monoisotopic (exact) mass is 393 g/mol. The molecule has 144 valence electrons. The molecule has 0 spiro atoms. The number of benzene rings is 2. The first-order chi connectivity index (χ1) is 13.7. The van der Waals surface area contributed by atoms with Crippen LogP contribution in [-0.2, 0) is 11.3 Å². The van der Waals surface area contributed by atoms with Gasteiger partial charge in [0.25, 0.3) is 5.91 Å². The first kappa shape index (κ1) is 18.8. The highest BCUT2D eigenvalue weighted by atomic mass is 32.1. The van der Waals surface area contributed by atoms with Crippen molar-refractivity contribution in [3.63, 3.8) is 0 Å². The normalized spacial score (nSPS) is 14.8. The molecular formula is C22H23N3O2S. The largest absolute Gasteiger partial charge is 0.379 e. The van der Waals surface area contributed by atoms with E-state index in [9.17, 15) is 4.79 Å². The topological polar surface area (TPSA) is 54.5 Å². The Morgan fingerprint density at radius 3 is 2.57 bits per heavy atom. The first-order valence-electron chi connectivity index (χ1n) is 9.43. The van der Waals surface area contributed by atoms with Crippen LogP contribution in [0.4, 0.5) is 5.13 Å². The zero-order chi connectivity index (χ0) is 19.3. The van der Waals surface area contributed by atoms with E-state index >= 15 is 0 Å². The van der Waals surface area contributed by atoms with Crippen LogP contribution < -0.4 is 5.32 Å². The van der Waals surface area contributed by atoms with Gasteiger partial charge in [0.1, 0.15) is 0 Å². The predicted molar refractivity (Wildman–Crippen MR) is 113 cm³/mol. The summed E-state index contributed by atoms with van der Waals surface area (Å²) in [5.41, 5.74) is 3.64. The average Bonchev–Trinajstić information content (AvgIpc) is 3.11. The van der Waals surface area contributed by atoms with Gasteiger partial charge in [-0.25, -0.2) is 4.98 Å². The van der Waals surface area contributed by atoms with Gasteiger partial charge in [-0.05, 0) is 18.6 Å². The van der Waals surface area contributed by atoms with Crippen molar-refractivity contribution in [1.82, 2.24) is 9.88 Å². The summed E-state index contributed by atoms with van der Waals surface area (Å²) in [7, 11) is 0. The minimum absolute atomic E-state index is 0.121. The molecule has 5 nitrogen and oxygen atoms in total. The second kappa shape index (κ2) is 8.65. The van der Waals surface area contributed by atoms with E-state index in [1.807, 2.05) is 49.4 Å². The second-order valence-electron chi connectivity index (χ2n) is 6.81. The number of thiazole rings is 1. The smallest absolute Gasteiger partial charge is 0.257 e. The SMILES string of the molecule is Cc1ccccc1C(=O)Nc1nc(-c2ccccc2)c(CN2CCOCC2)s1. The maximum absolute atomic E-state index is 12.7. The minimum atomic E-state index is -0.121. The number of nitrogens with one attached hydrogen (secondary N) is 1. The molecule has 2 aromatic carbocycles. The molecule has 0 aliphatic carbocycles. The number of carbonyl (C=O) groups excluding carboxylic acids is 1. The lowest BCUT2D eigenvalue weighted by molar-refractivity contribution is 0.0347. The maximum Gasteiger partial charge on any atom is 0.257 e. The molecule has 1 aliphatic rings. The number of nitrogens with zero attached hydrogens (tertiary/aromatic N) is 2. The quantitative estimate of drug-likeness (QED) is 0.706. The summed E-state index contributed by atoms with van der Waals surface area (Å²) in [4.78, 5) is 21.0. The number of rotatable bonds is 5. The fourth-order valence-electron chi connectivity index (χ4n) is 3.29. The number of hydrogen-bond acceptors (Lipinski definition) is 5. The molecule has 1 N–H and O–H groups in total. The number of amides is 1. The lowest BCUT2D eigenvalue weighted by Crippen LogP contribution is -2.35. The van der Waals surface area contributed by atoms with E-state index in [2.05, 4.69) is 22.3 Å². The molecule has 2 heterocycles. The Morgan fingerprint density at radius 2 is 1.82 bits per heavy atom. The van der Waals surface area contributed by atoms with Gasteiger partial charge in [0.15, 0.2) is 5.13 Å². The van der Waals surface area contributed by atoms with E-state index in [1.165, 1.54) is 0 Å². The third-order valence-electron chi connectivity index (χ3n) is 4.83. The molecule has 1 amide bonds. The standard InChI is InChI=1S/C22H23N3O2S/c1-16-7-5-6-10-18(16)21(26)24-22-23-20(17-8-3-2-4-9-17)19(28-22)15-25-11-13-27-14-12-25/h2-10H,11-15H2,1H3,(H,23,24,26). The molecule has 0 unspecified atom stereocenters. The van der Waals surface area contributed by atoms with Crippen LogP contribution in [0.15, 0.2) is 54.6 Å². The van der Waals surface area contributed by atoms with Gasteiger partial charge in [-0.2, -0.15) is 0 Å². The Morgan fingerprint density at radius 1 is 1.11 bits per heavy atom. The highest BCUT2D eigenvalue weighted by Gasteiger charge is 2.19. The molecule has 4 rings (SSSR count). The molecule has 1 fully saturated rings. The number of aryl methyl sites for hydroxylation is 1. The number of anilines is 1. The van der Waals surface area contributed by atoms with Crippen LogP contribution in [0, 0.1) is 6.92 Å². The van der Waals surface area contributed by atoms with Crippen molar-refractivity contribution in [2.24, 2.45) is 0 Å². The number of hydrogen-bond donors (Lipinski definition) is 1. The van der Waals surface area contributed by atoms with Crippen LogP contribution in [-0.4, -0.2) is 42.1 Å². The summed E-state index contributed by atoms with van der Waals surface area (Å²) >= 11 is 1.55. The number of morpholine rings is 1. The summed E-state index contributed by atoms with van der Waals surface area (Å²) in [6.07, 6.45) is 0. The van der Waals surface area contributed by atoms with Crippen LogP contribution in [0.5, 0.6) is 0 Å². The van der Waals surface area contributed by atoms with Crippen molar-refractivity contribution in [3.05, 3.63) is 70.6 Å². The molecular weight excluding hydrogens is 370 g/mol. The van der Waals surface area contributed by atoms with E-state index in [0.29, 0.717) is 10.7 Å². The molecule has 0 radical (unpaired) electrons. The van der Waals surface area contributed by atoms with Crippen molar-refractivity contribution in [1.29, 1.82) is 0 Å². The lowest BCUT2D eigenvalue weighted by Gasteiger charge is -2.26. The summed E-state index contributed by atoms with van der Waals surface area (Å²) < 4.78 is 5.46. The Bertz CT molecular complexity index is 949. The predicted octanol–water partition coefficient (Wildman–Crippen LogP) is 4.20. The Kier molecular flexibility index (Phi) is 5.81. The van der Waals surface area contributed by atoms with Gasteiger partial charge in [0.05, 0.1) is 18.9 Å². The summed E-state index contributed by atoms with van der Waals surface area (Å²) in [6.45, 7) is 6.10. The van der Waals surface area contributed by atoms with Crippen molar-refractivity contribution < 1.29 is 9.53 Å². The Hall–Kier alpha value is -2.54. The summed E-state index contributed by atoms with van der Waals surface area (Å²) in [5.74, 6) is -0.121. The highest BCUT2D eigenvalue weighted by Crippen LogP contribution is 2.32. The fraction of sp³-hybridized carbons (Fsp3) is 0.273. The van der Waals surface area contributed by atoms with Gasteiger partial charge >= 0.3 is 0 Å². The van der Waals surface area contributed by atoms with Gasteiger partial charge in [-0.15, -0.1) is 0 Å². The van der Waals surface area contributed by atoms with Crippen molar-refractivity contribution in [2.75, 3.05) is 31.6 Å². The number of carbonyl (C=O) groups is 1. The highest BCUT2D eigenvalue weighted by molar-refractivity contribution is 7.16. The number of aromatic nitrogens is 1. The van der Waals surface area contributed by atoms with Crippen LogP contribution in [0.25, 0.3) is 11.3 Å². The summed E-state index contributed by atoms with van der Waals surface area (Å²) in [6, 6.07) is 17.7. The van der Waals surface area contributed by atoms with Crippen LogP contribution in [0.1, 0.15) is 20.8 Å². The Labute approximate surface area is 169 Å². The van der Waals surface area contributed by atoms with E-state index in [1.54, 1.807) is 11.3 Å². The van der Waals surface area contributed by atoms with Gasteiger partial charge in [0, 0.05) is 35.6 Å². The van der Waals surface area contributed by atoms with Crippen molar-refractivity contribution >= 4 is 22.4 Å².